The Hall–Kier alpha value is -1.92. The van der Waals surface area contributed by atoms with Crippen molar-refractivity contribution in [2.75, 3.05) is 18.4 Å². The van der Waals surface area contributed by atoms with Crippen LogP contribution in [0.5, 0.6) is 0 Å². The first-order valence-corrected chi connectivity index (χ1v) is 7.96. The summed E-state index contributed by atoms with van der Waals surface area (Å²) in [5, 5.41) is 10.2. The summed E-state index contributed by atoms with van der Waals surface area (Å²) in [5.74, 6) is 0.729. The molecule has 1 aliphatic rings. The Bertz CT molecular complexity index is 699. The van der Waals surface area contributed by atoms with Gasteiger partial charge < -0.3 is 10.6 Å². The molecule has 0 aliphatic heterocycles. The molecule has 1 saturated carbocycles. The molecule has 2 aromatic rings. The van der Waals surface area contributed by atoms with Gasteiger partial charge in [-0.2, -0.15) is 5.10 Å². The van der Waals surface area contributed by atoms with E-state index >= 15 is 0 Å². The van der Waals surface area contributed by atoms with Gasteiger partial charge in [0.25, 0.3) is 0 Å². The summed E-state index contributed by atoms with van der Waals surface area (Å²) >= 11 is 5.68. The Labute approximate surface area is 138 Å². The summed E-state index contributed by atoms with van der Waals surface area (Å²) in [6.45, 7) is 1.51. The van der Waals surface area contributed by atoms with Gasteiger partial charge in [0.1, 0.15) is 11.6 Å². The number of halogens is 2. The average Bonchev–Trinajstić information content (AvgIpc) is 3.24. The van der Waals surface area contributed by atoms with Crippen LogP contribution in [-0.2, 0) is 11.3 Å². The lowest BCUT2D eigenvalue weighted by Crippen LogP contribution is -2.30. The Morgan fingerprint density at radius 2 is 2.22 bits per heavy atom. The van der Waals surface area contributed by atoms with E-state index in [1.54, 1.807) is 23.0 Å². The zero-order valence-electron chi connectivity index (χ0n) is 12.6. The van der Waals surface area contributed by atoms with E-state index in [4.69, 9.17) is 11.6 Å². The van der Waals surface area contributed by atoms with Gasteiger partial charge in [0.05, 0.1) is 24.3 Å². The number of hydrogen-bond donors (Lipinski definition) is 2. The molecule has 0 saturated heterocycles. The van der Waals surface area contributed by atoms with Gasteiger partial charge >= 0.3 is 0 Å². The fourth-order valence-electron chi connectivity index (χ4n) is 2.27. The van der Waals surface area contributed by atoms with Crippen molar-refractivity contribution in [2.24, 2.45) is 5.92 Å². The molecule has 0 spiro atoms. The highest BCUT2D eigenvalue weighted by atomic mass is 35.5. The van der Waals surface area contributed by atoms with Crippen molar-refractivity contribution < 1.29 is 9.18 Å². The number of nitrogens with one attached hydrogen (secondary N) is 2. The molecule has 1 aromatic heterocycles. The van der Waals surface area contributed by atoms with Crippen LogP contribution in [0, 0.1) is 11.7 Å². The highest BCUT2D eigenvalue weighted by molar-refractivity contribution is 6.30. The van der Waals surface area contributed by atoms with E-state index in [9.17, 15) is 9.18 Å². The van der Waals surface area contributed by atoms with Gasteiger partial charge in [0, 0.05) is 6.07 Å². The Balaban J connectivity index is 1.57. The van der Waals surface area contributed by atoms with Crippen LogP contribution in [-0.4, -0.2) is 28.8 Å². The normalized spacial score (nSPS) is 14.0. The fourth-order valence-corrected chi connectivity index (χ4v) is 2.39. The van der Waals surface area contributed by atoms with Gasteiger partial charge in [-0.15, -0.1) is 0 Å². The summed E-state index contributed by atoms with van der Waals surface area (Å²) in [7, 11) is 0. The summed E-state index contributed by atoms with van der Waals surface area (Å²) in [4.78, 5) is 11.9. The van der Waals surface area contributed by atoms with Gasteiger partial charge in [-0.05, 0) is 43.0 Å². The lowest BCUT2D eigenvalue weighted by Gasteiger charge is -2.10. The molecule has 1 heterocycles. The zero-order chi connectivity index (χ0) is 16.2. The van der Waals surface area contributed by atoms with Crippen molar-refractivity contribution in [1.82, 2.24) is 15.1 Å². The molecule has 0 radical (unpaired) electrons. The molecular formula is C16H18ClFN4O. The van der Waals surface area contributed by atoms with Gasteiger partial charge in [-0.25, -0.2) is 9.07 Å². The van der Waals surface area contributed by atoms with E-state index < -0.39 is 5.82 Å². The second kappa shape index (κ2) is 7.10. The highest BCUT2D eigenvalue weighted by Gasteiger charge is 2.20. The van der Waals surface area contributed by atoms with Gasteiger partial charge in [-0.3, -0.25) is 4.79 Å². The predicted molar refractivity (Wildman–Crippen MR) is 87.0 cm³/mol. The number of carbonyl (C=O) groups excluding carboxylic acids is 1. The van der Waals surface area contributed by atoms with E-state index in [0.717, 1.165) is 18.0 Å². The van der Waals surface area contributed by atoms with Crippen LogP contribution in [0.3, 0.4) is 0 Å². The van der Waals surface area contributed by atoms with Crippen molar-refractivity contribution in [3.05, 3.63) is 46.9 Å². The topological polar surface area (TPSA) is 59.0 Å². The zero-order valence-corrected chi connectivity index (χ0v) is 13.3. The third kappa shape index (κ3) is 4.53. The number of aromatic nitrogens is 2. The summed E-state index contributed by atoms with van der Waals surface area (Å²) in [5.41, 5.74) is 0.720. The number of hydrogen-bond acceptors (Lipinski definition) is 3. The standard InChI is InChI=1S/C16H18ClFN4O/c17-13-4-3-12(7-14(13)18)10-22-15(5-6-20-22)21-16(23)9-19-8-11-1-2-11/h3-7,11,19H,1-2,8-10H2,(H,21,23). The number of carbonyl (C=O) groups is 1. The predicted octanol–water partition coefficient (Wildman–Crippen LogP) is 2.66. The Morgan fingerprint density at radius 1 is 1.39 bits per heavy atom. The Morgan fingerprint density at radius 3 is 2.96 bits per heavy atom. The lowest BCUT2D eigenvalue weighted by molar-refractivity contribution is -0.115. The first-order chi connectivity index (χ1) is 11.1. The van der Waals surface area contributed by atoms with Crippen LogP contribution in [0.4, 0.5) is 10.2 Å². The highest BCUT2D eigenvalue weighted by Crippen LogP contribution is 2.27. The second-order valence-electron chi connectivity index (χ2n) is 5.75. The molecule has 0 bridgehead atoms. The van der Waals surface area contributed by atoms with Crippen LogP contribution >= 0.6 is 11.6 Å². The molecule has 1 aliphatic carbocycles. The smallest absolute Gasteiger partial charge is 0.239 e. The lowest BCUT2D eigenvalue weighted by atomic mass is 10.2. The maximum absolute atomic E-state index is 13.5. The van der Waals surface area contributed by atoms with E-state index in [-0.39, 0.29) is 17.5 Å². The number of nitrogens with zero attached hydrogens (tertiary/aromatic N) is 2. The number of benzene rings is 1. The van der Waals surface area contributed by atoms with Crippen LogP contribution in [0.15, 0.2) is 30.5 Å². The molecular weight excluding hydrogens is 319 g/mol. The quantitative estimate of drug-likeness (QED) is 0.817. The molecule has 5 nitrogen and oxygen atoms in total. The molecule has 0 unspecified atom stereocenters. The van der Waals surface area contributed by atoms with Gasteiger partial charge in [0.15, 0.2) is 0 Å². The largest absolute Gasteiger partial charge is 0.310 e. The minimum Gasteiger partial charge on any atom is -0.310 e. The third-order valence-electron chi connectivity index (χ3n) is 3.72. The molecule has 1 amide bonds. The van der Waals surface area contributed by atoms with Gasteiger partial charge in [-0.1, -0.05) is 17.7 Å². The van der Waals surface area contributed by atoms with E-state index in [0.29, 0.717) is 12.4 Å². The summed E-state index contributed by atoms with van der Waals surface area (Å²) in [6, 6.07) is 6.32. The minimum atomic E-state index is -0.466. The van der Waals surface area contributed by atoms with Crippen molar-refractivity contribution in [2.45, 2.75) is 19.4 Å². The second-order valence-corrected chi connectivity index (χ2v) is 6.15. The number of anilines is 1. The van der Waals surface area contributed by atoms with Crippen molar-refractivity contribution >= 4 is 23.3 Å². The molecule has 7 heteroatoms. The monoisotopic (exact) mass is 336 g/mol. The van der Waals surface area contributed by atoms with E-state index in [1.165, 1.54) is 25.0 Å². The van der Waals surface area contributed by atoms with Crippen LogP contribution < -0.4 is 10.6 Å². The molecule has 0 atom stereocenters. The van der Waals surface area contributed by atoms with Crippen LogP contribution in [0.25, 0.3) is 0 Å². The molecule has 1 fully saturated rings. The number of amides is 1. The summed E-state index contributed by atoms with van der Waals surface area (Å²) in [6.07, 6.45) is 4.09. The number of rotatable bonds is 7. The van der Waals surface area contributed by atoms with Crippen LogP contribution in [0.1, 0.15) is 18.4 Å². The van der Waals surface area contributed by atoms with Crippen LogP contribution in [0.2, 0.25) is 5.02 Å². The molecule has 3 rings (SSSR count). The first kappa shape index (κ1) is 16.0. The van der Waals surface area contributed by atoms with Crippen molar-refractivity contribution in [1.29, 1.82) is 0 Å². The molecule has 1 aromatic carbocycles. The average molecular weight is 337 g/mol. The van der Waals surface area contributed by atoms with E-state index in [1.807, 2.05) is 0 Å². The summed E-state index contributed by atoms with van der Waals surface area (Å²) < 4.78 is 15.1. The Kier molecular flexibility index (Phi) is 4.93. The van der Waals surface area contributed by atoms with Crippen molar-refractivity contribution in [3.63, 3.8) is 0 Å². The van der Waals surface area contributed by atoms with E-state index in [2.05, 4.69) is 15.7 Å². The third-order valence-corrected chi connectivity index (χ3v) is 4.02. The SMILES string of the molecule is O=C(CNCC1CC1)Nc1ccnn1Cc1ccc(Cl)c(F)c1. The maximum atomic E-state index is 13.5. The van der Waals surface area contributed by atoms with Crippen molar-refractivity contribution in [3.8, 4) is 0 Å². The minimum absolute atomic E-state index is 0.0875. The molecule has 23 heavy (non-hydrogen) atoms. The molecule has 2 N–H and O–H groups in total. The van der Waals surface area contributed by atoms with Gasteiger partial charge in [0.2, 0.25) is 5.91 Å². The molecule has 122 valence electrons. The maximum Gasteiger partial charge on any atom is 0.239 e. The fraction of sp³-hybridized carbons (Fsp3) is 0.375. The first-order valence-electron chi connectivity index (χ1n) is 7.58.